The van der Waals surface area contributed by atoms with Crippen molar-refractivity contribution < 1.29 is 9.13 Å². The standard InChI is InChI=1S/C21H17ClFN3O2S2/c1-28-9-8-26-20(27)17-7-4-14(22)10-18(17)25-21(26)30-12-16-11-29-19(24-16)13-2-5-15(23)6-3-13/h2-7,10-11H,8-9,12H2,1H3. The smallest absolute Gasteiger partial charge is 0.262 e. The molecule has 0 aliphatic carbocycles. The fraction of sp³-hybridized carbons (Fsp3) is 0.190. The summed E-state index contributed by atoms with van der Waals surface area (Å²) >= 11 is 9.01. The Morgan fingerprint density at radius 3 is 2.77 bits per heavy atom. The number of hydrogen-bond acceptors (Lipinski definition) is 6. The van der Waals surface area contributed by atoms with Gasteiger partial charge in [0, 0.05) is 28.8 Å². The van der Waals surface area contributed by atoms with Gasteiger partial charge in [-0.25, -0.2) is 14.4 Å². The molecule has 0 atom stereocenters. The first-order valence-corrected chi connectivity index (χ1v) is 11.3. The zero-order chi connectivity index (χ0) is 21.1. The molecule has 154 valence electrons. The van der Waals surface area contributed by atoms with E-state index < -0.39 is 0 Å². The summed E-state index contributed by atoms with van der Waals surface area (Å²) in [6.45, 7) is 0.806. The first kappa shape index (κ1) is 21.0. The van der Waals surface area contributed by atoms with Gasteiger partial charge < -0.3 is 4.74 Å². The molecule has 0 fully saturated rings. The molecule has 0 aliphatic heterocycles. The summed E-state index contributed by atoms with van der Waals surface area (Å²) in [5.74, 6) is 0.269. The van der Waals surface area contributed by atoms with Crippen molar-refractivity contribution in [3.05, 3.63) is 74.7 Å². The number of aromatic nitrogens is 3. The number of thioether (sulfide) groups is 1. The zero-order valence-electron chi connectivity index (χ0n) is 16.0. The van der Waals surface area contributed by atoms with E-state index in [1.165, 1.54) is 35.2 Å². The molecule has 0 spiro atoms. The molecule has 4 aromatic rings. The minimum atomic E-state index is -0.275. The molecule has 2 aromatic carbocycles. The van der Waals surface area contributed by atoms with Crippen molar-refractivity contribution in [1.82, 2.24) is 14.5 Å². The summed E-state index contributed by atoms with van der Waals surface area (Å²) in [5.41, 5.74) is 2.17. The summed E-state index contributed by atoms with van der Waals surface area (Å²) in [7, 11) is 1.60. The van der Waals surface area contributed by atoms with E-state index in [0.717, 1.165) is 16.3 Å². The van der Waals surface area contributed by atoms with Crippen LogP contribution in [0.1, 0.15) is 5.69 Å². The molecule has 2 heterocycles. The van der Waals surface area contributed by atoms with Crippen LogP contribution >= 0.6 is 34.7 Å². The Labute approximate surface area is 185 Å². The molecule has 0 amide bonds. The van der Waals surface area contributed by atoms with Gasteiger partial charge >= 0.3 is 0 Å². The average molecular weight is 462 g/mol. The lowest BCUT2D eigenvalue weighted by atomic mass is 10.2. The van der Waals surface area contributed by atoms with Gasteiger partial charge in [0.05, 0.1) is 29.7 Å². The zero-order valence-corrected chi connectivity index (χ0v) is 18.4. The number of methoxy groups -OCH3 is 1. The molecule has 0 saturated carbocycles. The maximum Gasteiger partial charge on any atom is 0.262 e. The minimum absolute atomic E-state index is 0.124. The lowest BCUT2D eigenvalue weighted by Crippen LogP contribution is -2.25. The van der Waals surface area contributed by atoms with Crippen LogP contribution in [0.4, 0.5) is 4.39 Å². The number of benzene rings is 2. The van der Waals surface area contributed by atoms with E-state index in [9.17, 15) is 9.18 Å². The SMILES string of the molecule is COCCn1c(SCc2csc(-c3ccc(F)cc3)n2)nc2cc(Cl)ccc2c1=O. The Morgan fingerprint density at radius 1 is 1.20 bits per heavy atom. The fourth-order valence-corrected chi connectivity index (χ4v) is 4.92. The van der Waals surface area contributed by atoms with Crippen LogP contribution < -0.4 is 5.56 Å². The lowest BCUT2D eigenvalue weighted by Gasteiger charge is -2.12. The van der Waals surface area contributed by atoms with Crippen LogP contribution in [0.2, 0.25) is 5.02 Å². The van der Waals surface area contributed by atoms with Gasteiger partial charge in [-0.2, -0.15) is 0 Å². The highest BCUT2D eigenvalue weighted by atomic mass is 35.5. The molecule has 0 N–H and O–H groups in total. The first-order chi connectivity index (χ1) is 14.5. The van der Waals surface area contributed by atoms with Crippen molar-refractivity contribution in [1.29, 1.82) is 0 Å². The van der Waals surface area contributed by atoms with Gasteiger partial charge in [-0.05, 0) is 42.5 Å². The fourth-order valence-electron chi connectivity index (χ4n) is 2.90. The monoisotopic (exact) mass is 461 g/mol. The highest BCUT2D eigenvalue weighted by Gasteiger charge is 2.13. The highest BCUT2D eigenvalue weighted by molar-refractivity contribution is 7.98. The van der Waals surface area contributed by atoms with E-state index >= 15 is 0 Å². The summed E-state index contributed by atoms with van der Waals surface area (Å²) in [6.07, 6.45) is 0. The van der Waals surface area contributed by atoms with E-state index in [1.54, 1.807) is 42.0 Å². The van der Waals surface area contributed by atoms with Crippen LogP contribution in [0.3, 0.4) is 0 Å². The van der Waals surface area contributed by atoms with Crippen molar-refractivity contribution in [3.63, 3.8) is 0 Å². The molecule has 0 radical (unpaired) electrons. The van der Waals surface area contributed by atoms with Crippen molar-refractivity contribution >= 4 is 45.6 Å². The van der Waals surface area contributed by atoms with Gasteiger partial charge in [-0.3, -0.25) is 9.36 Å². The number of thiazole rings is 1. The molecule has 0 saturated heterocycles. The maximum atomic E-state index is 13.1. The minimum Gasteiger partial charge on any atom is -0.383 e. The largest absolute Gasteiger partial charge is 0.383 e. The third-order valence-corrected chi connectivity index (χ3v) is 6.58. The molecule has 0 bridgehead atoms. The van der Waals surface area contributed by atoms with E-state index in [-0.39, 0.29) is 11.4 Å². The van der Waals surface area contributed by atoms with E-state index in [4.69, 9.17) is 16.3 Å². The third-order valence-electron chi connectivity index (χ3n) is 4.39. The molecule has 2 aromatic heterocycles. The molecule has 0 aliphatic rings. The first-order valence-electron chi connectivity index (χ1n) is 9.07. The van der Waals surface area contributed by atoms with Crippen LogP contribution in [0.5, 0.6) is 0 Å². The Balaban J connectivity index is 1.61. The van der Waals surface area contributed by atoms with Crippen LogP contribution in [0, 0.1) is 5.82 Å². The van der Waals surface area contributed by atoms with Crippen molar-refractivity contribution in [3.8, 4) is 10.6 Å². The number of hydrogen-bond donors (Lipinski definition) is 0. The van der Waals surface area contributed by atoms with Gasteiger partial charge in [0.2, 0.25) is 0 Å². The molecule has 5 nitrogen and oxygen atoms in total. The van der Waals surface area contributed by atoms with Crippen LogP contribution in [-0.2, 0) is 17.0 Å². The number of nitrogens with zero attached hydrogens (tertiary/aromatic N) is 3. The van der Waals surface area contributed by atoms with E-state index in [0.29, 0.717) is 40.0 Å². The summed E-state index contributed by atoms with van der Waals surface area (Å²) < 4.78 is 19.9. The molecule has 9 heteroatoms. The summed E-state index contributed by atoms with van der Waals surface area (Å²) in [6, 6.07) is 11.3. The predicted octanol–water partition coefficient (Wildman–Crippen LogP) is 5.25. The van der Waals surface area contributed by atoms with E-state index in [2.05, 4.69) is 9.97 Å². The Kier molecular flexibility index (Phi) is 6.48. The average Bonchev–Trinajstić information content (AvgIpc) is 3.21. The molecule has 4 rings (SSSR count). The highest BCUT2D eigenvalue weighted by Crippen LogP contribution is 2.28. The number of ether oxygens (including phenoxy) is 1. The summed E-state index contributed by atoms with van der Waals surface area (Å²) in [5, 5.41) is 4.42. The molecular formula is C21H17ClFN3O2S2. The Bertz CT molecular complexity index is 1240. The van der Waals surface area contributed by atoms with Gasteiger partial charge in [0.25, 0.3) is 5.56 Å². The number of halogens is 2. The molecule has 0 unspecified atom stereocenters. The van der Waals surface area contributed by atoms with Crippen molar-refractivity contribution in [2.75, 3.05) is 13.7 Å². The number of fused-ring (bicyclic) bond motifs is 1. The Morgan fingerprint density at radius 2 is 2.00 bits per heavy atom. The third kappa shape index (κ3) is 4.57. The second kappa shape index (κ2) is 9.26. The summed E-state index contributed by atoms with van der Waals surface area (Å²) in [4.78, 5) is 22.3. The second-order valence-corrected chi connectivity index (χ2v) is 8.68. The lowest BCUT2D eigenvalue weighted by molar-refractivity contribution is 0.183. The quantitative estimate of drug-likeness (QED) is 0.278. The predicted molar refractivity (Wildman–Crippen MR) is 120 cm³/mol. The van der Waals surface area contributed by atoms with Gasteiger partial charge in [0.15, 0.2) is 5.16 Å². The van der Waals surface area contributed by atoms with Crippen molar-refractivity contribution in [2.24, 2.45) is 0 Å². The van der Waals surface area contributed by atoms with Crippen molar-refractivity contribution in [2.45, 2.75) is 17.5 Å². The second-order valence-electron chi connectivity index (χ2n) is 6.45. The topological polar surface area (TPSA) is 57.0 Å². The molecule has 30 heavy (non-hydrogen) atoms. The van der Waals surface area contributed by atoms with Crippen LogP contribution in [0.25, 0.3) is 21.5 Å². The normalized spacial score (nSPS) is 11.3. The van der Waals surface area contributed by atoms with Crippen LogP contribution in [0.15, 0.2) is 57.8 Å². The van der Waals surface area contributed by atoms with Crippen LogP contribution in [-0.4, -0.2) is 28.3 Å². The van der Waals surface area contributed by atoms with Gasteiger partial charge in [-0.15, -0.1) is 11.3 Å². The Hall–Kier alpha value is -2.26. The van der Waals surface area contributed by atoms with Gasteiger partial charge in [0.1, 0.15) is 10.8 Å². The van der Waals surface area contributed by atoms with E-state index in [1.807, 2.05) is 5.38 Å². The molecular weight excluding hydrogens is 445 g/mol. The van der Waals surface area contributed by atoms with Gasteiger partial charge in [-0.1, -0.05) is 23.4 Å². The number of rotatable bonds is 7. The maximum absolute atomic E-state index is 13.1.